The van der Waals surface area contributed by atoms with Gasteiger partial charge >= 0.3 is 12.2 Å². The van der Waals surface area contributed by atoms with Crippen LogP contribution in [0.4, 0.5) is 15.3 Å². The number of benzene rings is 3. The largest absolute Gasteiger partial charge is 0.514 e. The standard InChI is InChI=1S/C60H71N7O21/c1-29(2)48(65-40(70)13-6-5-7-21-67-41(71)18-19-42(67)72)55(78)64-35(11-9-20-62-58(61)79)54(77)63-32-16-14-31(15-17-32)28-84-59(80)87-37-12-8-10-33-44(37)51(75)47-46(49(33)73)50(74)34-25-60(81,39(69)27-68)26-38(45(34)52(47)76)86-43-24-36-53(30(3)85-43)88-56-57(82-4)83-23-22-66(36)56/h8,10,12,14-19,29-30,35-36,38,43,48,53,56-57,68,74,76,81H,5-7,9,11,13,20-28H2,1-4H3,(H,63,77)(H,64,78)(H,65,70)(H3,61,62,79)/t30-,35-,36-,38-,43-,48-,53+,56+,57-,60-/m0/s1. The third kappa shape index (κ3) is 13.7. The molecule has 10 N–H and O–H groups in total. The number of carbonyl (C=O) groups is 10. The van der Waals surface area contributed by atoms with Gasteiger partial charge in [-0.15, -0.1) is 0 Å². The van der Waals surface area contributed by atoms with E-state index in [0.717, 1.165) is 4.90 Å². The van der Waals surface area contributed by atoms with Crippen molar-refractivity contribution >= 4 is 64.8 Å². The lowest BCUT2D eigenvalue weighted by molar-refractivity contribution is -0.256. The first-order valence-corrected chi connectivity index (χ1v) is 29.0. The molecule has 0 saturated carbocycles. The summed E-state index contributed by atoms with van der Waals surface area (Å²) >= 11 is 0. The van der Waals surface area contributed by atoms with Crippen molar-refractivity contribution in [3.63, 3.8) is 0 Å². The van der Waals surface area contributed by atoms with Crippen molar-refractivity contribution in [1.29, 1.82) is 0 Å². The number of rotatable bonds is 24. The Hall–Kier alpha value is -8.22. The Balaban J connectivity index is 0.841. The predicted molar refractivity (Wildman–Crippen MR) is 303 cm³/mol. The van der Waals surface area contributed by atoms with Gasteiger partial charge in [0.25, 0.3) is 11.8 Å². The molecular weight excluding hydrogens is 1150 g/mol. The smallest absolute Gasteiger partial charge is 0.507 e. The molecule has 7 amide bonds. The van der Waals surface area contributed by atoms with E-state index in [1.807, 2.05) is 0 Å². The first-order chi connectivity index (χ1) is 42.0. The van der Waals surface area contributed by atoms with E-state index in [9.17, 15) is 68.4 Å². The lowest BCUT2D eigenvalue weighted by Crippen LogP contribution is -2.55. The van der Waals surface area contributed by atoms with Gasteiger partial charge in [0.1, 0.15) is 54.3 Å². The van der Waals surface area contributed by atoms with Crippen LogP contribution in [0, 0.1) is 5.92 Å². The number of nitrogens with zero attached hydrogens (tertiary/aromatic N) is 2. The van der Waals surface area contributed by atoms with Crippen molar-refractivity contribution in [2.75, 3.05) is 45.3 Å². The van der Waals surface area contributed by atoms with E-state index < -0.39 is 168 Å². The highest BCUT2D eigenvalue weighted by molar-refractivity contribution is 6.31. The van der Waals surface area contributed by atoms with Crippen molar-refractivity contribution in [2.24, 2.45) is 11.7 Å². The summed E-state index contributed by atoms with van der Waals surface area (Å²) in [5.41, 5.74) is 0.848. The van der Waals surface area contributed by atoms with Crippen LogP contribution in [0.3, 0.4) is 0 Å². The average molecular weight is 1230 g/mol. The zero-order valence-corrected chi connectivity index (χ0v) is 48.8. The number of phenolic OH excluding ortho intramolecular Hbond substituents is 2. The van der Waals surface area contributed by atoms with Crippen LogP contribution < -0.4 is 31.7 Å². The molecule has 0 spiro atoms. The number of carbonyl (C=O) groups excluding carboxylic acids is 10. The molecule has 88 heavy (non-hydrogen) atoms. The first-order valence-electron chi connectivity index (χ1n) is 29.0. The van der Waals surface area contributed by atoms with Crippen LogP contribution in [0.25, 0.3) is 0 Å². The molecular formula is C60H71N7O21. The van der Waals surface area contributed by atoms with Gasteiger partial charge in [0.2, 0.25) is 23.5 Å². The predicted octanol–water partition coefficient (Wildman–Crippen LogP) is 1.92. The number of phenols is 2. The number of Topliss-reactive ketones (excluding diaryl/α,β-unsaturated/α-hetero) is 1. The van der Waals surface area contributed by atoms with Gasteiger partial charge in [-0.1, -0.05) is 44.5 Å². The van der Waals surface area contributed by atoms with Crippen molar-refractivity contribution in [3.05, 3.63) is 93.6 Å². The Morgan fingerprint density at radius 2 is 1.60 bits per heavy atom. The topological polar surface area (TPSA) is 397 Å². The van der Waals surface area contributed by atoms with E-state index in [1.54, 1.807) is 20.8 Å². The number of fused-ring (bicyclic) bond motifs is 6. The minimum Gasteiger partial charge on any atom is -0.507 e. The summed E-state index contributed by atoms with van der Waals surface area (Å²) in [5, 5.41) is 56.5. The number of hydrogen-bond acceptors (Lipinski definition) is 22. The number of ether oxygens (including phenoxy) is 7. The fourth-order valence-electron chi connectivity index (χ4n) is 12.0. The van der Waals surface area contributed by atoms with Crippen molar-refractivity contribution in [1.82, 2.24) is 25.8 Å². The number of nitrogens with two attached hydrogens (primary N) is 1. The third-order valence-electron chi connectivity index (χ3n) is 16.4. The van der Waals surface area contributed by atoms with Crippen molar-refractivity contribution in [2.45, 2.75) is 146 Å². The van der Waals surface area contributed by atoms with Gasteiger partial charge in [-0.25, -0.2) is 9.59 Å². The average Bonchev–Trinajstić information content (AvgIpc) is 1.52. The van der Waals surface area contributed by atoms with Gasteiger partial charge < -0.3 is 80.6 Å². The minimum absolute atomic E-state index is 0.0428. The number of amides is 7. The van der Waals surface area contributed by atoms with Crippen LogP contribution >= 0.6 is 0 Å². The number of aliphatic hydroxyl groups is 2. The number of methoxy groups -OCH3 is 1. The molecule has 0 radical (unpaired) electrons. The molecule has 28 nitrogen and oxygen atoms in total. The van der Waals surface area contributed by atoms with Crippen molar-refractivity contribution < 1.29 is 102 Å². The second-order valence-electron chi connectivity index (χ2n) is 22.7. The minimum atomic E-state index is -2.38. The van der Waals surface area contributed by atoms with Gasteiger partial charge in [-0.3, -0.25) is 48.2 Å². The molecule has 3 fully saturated rings. The Kier molecular flexibility index (Phi) is 20.0. The molecule has 4 aliphatic heterocycles. The van der Waals surface area contributed by atoms with Gasteiger partial charge in [-0.05, 0) is 62.3 Å². The number of aliphatic hydroxyl groups excluding tert-OH is 1. The van der Waals surface area contributed by atoms with E-state index >= 15 is 0 Å². The van der Waals surface area contributed by atoms with Gasteiger partial charge in [0, 0.05) is 93.0 Å². The molecule has 3 saturated heterocycles. The summed E-state index contributed by atoms with van der Waals surface area (Å²) in [6.45, 7) is 4.83. The fourth-order valence-corrected chi connectivity index (χ4v) is 12.0. The van der Waals surface area contributed by atoms with Crippen molar-refractivity contribution in [3.8, 4) is 17.2 Å². The molecule has 2 aliphatic carbocycles. The first kappa shape index (κ1) is 64.3. The molecule has 3 aromatic rings. The lowest BCUT2D eigenvalue weighted by Gasteiger charge is -2.43. The summed E-state index contributed by atoms with van der Waals surface area (Å²) in [6.07, 6.45) is -3.07. The van der Waals surface area contributed by atoms with E-state index in [1.165, 1.54) is 61.7 Å². The summed E-state index contributed by atoms with van der Waals surface area (Å²) in [4.78, 5) is 134. The van der Waals surface area contributed by atoms with Crippen LogP contribution in [0.5, 0.6) is 17.2 Å². The number of ketones is 3. The van der Waals surface area contributed by atoms with Crippen LogP contribution in [0.1, 0.15) is 127 Å². The number of anilines is 1. The number of unbranched alkanes of at least 4 members (excludes halogenated alkanes) is 2. The normalized spacial score (nSPS) is 24.3. The molecule has 0 aromatic heterocycles. The number of urea groups is 1. The molecule has 4 heterocycles. The van der Waals surface area contributed by atoms with E-state index in [-0.39, 0.29) is 79.0 Å². The Bertz CT molecular complexity index is 3260. The number of morpholine rings is 1. The van der Waals surface area contributed by atoms with Crippen LogP contribution in [-0.4, -0.2) is 184 Å². The molecule has 9 rings (SSSR count). The summed E-state index contributed by atoms with van der Waals surface area (Å²) in [7, 11) is 1.50. The highest BCUT2D eigenvalue weighted by Crippen LogP contribution is 2.53. The maximum absolute atomic E-state index is 14.7. The monoisotopic (exact) mass is 1230 g/mol. The molecule has 3 aromatic carbocycles. The van der Waals surface area contributed by atoms with E-state index in [0.29, 0.717) is 38.0 Å². The lowest BCUT2D eigenvalue weighted by atomic mass is 9.72. The number of hydrogen-bond donors (Lipinski definition) is 9. The Morgan fingerprint density at radius 1 is 0.875 bits per heavy atom. The molecule has 6 aliphatic rings. The zero-order valence-electron chi connectivity index (χ0n) is 48.8. The number of nitrogens with one attached hydrogen (secondary N) is 4. The summed E-state index contributed by atoms with van der Waals surface area (Å²) < 4.78 is 41.2. The van der Waals surface area contributed by atoms with Gasteiger partial charge in [0.05, 0.1) is 35.5 Å². The van der Waals surface area contributed by atoms with Crippen LogP contribution in [-0.2, 0) is 70.2 Å². The van der Waals surface area contributed by atoms with E-state index in [2.05, 4.69) is 26.2 Å². The number of aromatic hydroxyl groups is 2. The second kappa shape index (κ2) is 27.4. The fraction of sp³-hybridized carbons (Fsp3) is 0.500. The van der Waals surface area contributed by atoms with Gasteiger partial charge in [0.15, 0.2) is 30.4 Å². The number of imide groups is 1. The Morgan fingerprint density at radius 3 is 2.30 bits per heavy atom. The third-order valence-corrected chi connectivity index (χ3v) is 16.4. The molecule has 0 bridgehead atoms. The van der Waals surface area contributed by atoms with Crippen LogP contribution in [0.15, 0.2) is 54.6 Å². The zero-order chi connectivity index (χ0) is 63.3. The van der Waals surface area contributed by atoms with Gasteiger partial charge in [-0.2, -0.15) is 0 Å². The molecule has 0 unspecified atom stereocenters. The molecule has 28 heteroatoms. The maximum atomic E-state index is 14.7. The number of primary amides is 1. The maximum Gasteiger partial charge on any atom is 0.514 e. The summed E-state index contributed by atoms with van der Waals surface area (Å²) in [5.74, 6) is -8.05. The molecule has 472 valence electrons. The Labute approximate surface area is 504 Å². The van der Waals surface area contributed by atoms with Crippen LogP contribution in [0.2, 0.25) is 0 Å². The highest BCUT2D eigenvalue weighted by Gasteiger charge is 2.55. The quantitative estimate of drug-likeness (QED) is 0.0159. The SMILES string of the molecule is CO[C@H]1OCCN2[C@@H]1O[C@@H]1[C@H](C)O[C@@H](O[C@H]3C[C@](O)(C(=O)CO)Cc4c(O)c5c(c(O)c43)C(=O)c3c(OC(=O)OCc4ccc(NC(=O)[C@H](CCCNC(N)=O)NC(=O)[C@@H](NC(=O)CCCCCN6C(=O)C=CC6=O)C(C)C)cc4)cccc3C5=O)C[C@@H]12. The second-order valence-corrected chi connectivity index (χ2v) is 22.7. The molecule has 10 atom stereocenters. The van der Waals surface area contributed by atoms with E-state index in [4.69, 9.17) is 38.9 Å². The summed E-state index contributed by atoms with van der Waals surface area (Å²) in [6, 6.07) is 6.47. The highest BCUT2D eigenvalue weighted by atomic mass is 16.7.